The van der Waals surface area contributed by atoms with Gasteiger partial charge in [0.1, 0.15) is 0 Å². The molecule has 0 aliphatic rings. The van der Waals surface area contributed by atoms with Gasteiger partial charge in [-0.25, -0.2) is 0 Å². The predicted molar refractivity (Wildman–Crippen MR) is 78.2 cm³/mol. The standard InChI is InChI=1S/C15H24N2O2/c1-12(10-13(16)11-15(18)19)6-5-9-17-14-7-3-2-4-8-14/h2-4,7-8,12-13,17H,5-6,9-11,16H2,1H3,(H,18,19)/t12-,13+/m1/s1. The highest BCUT2D eigenvalue weighted by atomic mass is 16.4. The van der Waals surface area contributed by atoms with Gasteiger partial charge in [-0.1, -0.05) is 25.1 Å². The van der Waals surface area contributed by atoms with Gasteiger partial charge < -0.3 is 16.2 Å². The Bertz CT molecular complexity index is 368. The number of hydrogen-bond donors (Lipinski definition) is 3. The van der Waals surface area contributed by atoms with Crippen molar-refractivity contribution in [2.24, 2.45) is 11.7 Å². The molecule has 0 fully saturated rings. The third-order valence-electron chi connectivity index (χ3n) is 3.12. The highest BCUT2D eigenvalue weighted by molar-refractivity contribution is 5.67. The Kier molecular flexibility index (Phi) is 6.97. The monoisotopic (exact) mass is 264 g/mol. The molecule has 4 N–H and O–H groups in total. The van der Waals surface area contributed by atoms with Crippen LogP contribution < -0.4 is 11.1 Å². The molecule has 0 radical (unpaired) electrons. The van der Waals surface area contributed by atoms with E-state index in [0.29, 0.717) is 5.92 Å². The van der Waals surface area contributed by atoms with E-state index in [1.807, 2.05) is 30.3 Å². The lowest BCUT2D eigenvalue weighted by Crippen LogP contribution is -2.26. The van der Waals surface area contributed by atoms with Crippen LogP contribution in [0.5, 0.6) is 0 Å². The largest absolute Gasteiger partial charge is 0.481 e. The molecular weight excluding hydrogens is 240 g/mol. The third kappa shape index (κ3) is 7.47. The molecule has 106 valence electrons. The van der Waals surface area contributed by atoms with Crippen molar-refractivity contribution >= 4 is 11.7 Å². The number of para-hydroxylation sites is 1. The number of carbonyl (C=O) groups is 1. The zero-order valence-electron chi connectivity index (χ0n) is 11.5. The first-order chi connectivity index (χ1) is 9.08. The SMILES string of the molecule is C[C@H](CCCNc1ccccc1)C[C@H](N)CC(=O)O. The van der Waals surface area contributed by atoms with E-state index in [0.717, 1.165) is 31.5 Å². The van der Waals surface area contributed by atoms with E-state index in [1.54, 1.807) is 0 Å². The molecule has 0 amide bonds. The third-order valence-corrected chi connectivity index (χ3v) is 3.12. The minimum atomic E-state index is -0.814. The van der Waals surface area contributed by atoms with Crippen LogP contribution in [0.15, 0.2) is 30.3 Å². The van der Waals surface area contributed by atoms with Crippen LogP contribution in [0, 0.1) is 5.92 Å². The molecule has 0 aromatic heterocycles. The number of carboxylic acid groups (broad SMARTS) is 1. The fraction of sp³-hybridized carbons (Fsp3) is 0.533. The maximum absolute atomic E-state index is 10.5. The maximum Gasteiger partial charge on any atom is 0.304 e. The van der Waals surface area contributed by atoms with Gasteiger partial charge in [0.25, 0.3) is 0 Å². The van der Waals surface area contributed by atoms with Crippen LogP contribution in [0.3, 0.4) is 0 Å². The van der Waals surface area contributed by atoms with E-state index in [2.05, 4.69) is 12.2 Å². The van der Waals surface area contributed by atoms with Crippen LogP contribution in [0.25, 0.3) is 0 Å². The average Bonchev–Trinajstić information content (AvgIpc) is 2.35. The summed E-state index contributed by atoms with van der Waals surface area (Å²) in [6.07, 6.45) is 2.97. The van der Waals surface area contributed by atoms with Crippen molar-refractivity contribution in [3.05, 3.63) is 30.3 Å². The van der Waals surface area contributed by atoms with Crippen molar-refractivity contribution in [2.45, 2.75) is 38.6 Å². The smallest absolute Gasteiger partial charge is 0.304 e. The number of benzene rings is 1. The zero-order chi connectivity index (χ0) is 14.1. The molecule has 0 saturated heterocycles. The first-order valence-corrected chi connectivity index (χ1v) is 6.84. The first kappa shape index (κ1) is 15.5. The maximum atomic E-state index is 10.5. The molecule has 4 heteroatoms. The second kappa shape index (κ2) is 8.53. The van der Waals surface area contributed by atoms with Crippen LogP contribution >= 0.6 is 0 Å². The van der Waals surface area contributed by atoms with E-state index in [9.17, 15) is 4.79 Å². The lowest BCUT2D eigenvalue weighted by atomic mass is 9.96. The highest BCUT2D eigenvalue weighted by Crippen LogP contribution is 2.14. The molecule has 2 atom stereocenters. The summed E-state index contributed by atoms with van der Waals surface area (Å²) in [6.45, 7) is 3.06. The Morgan fingerprint density at radius 2 is 2.05 bits per heavy atom. The second-order valence-electron chi connectivity index (χ2n) is 5.13. The summed E-state index contributed by atoms with van der Waals surface area (Å²) in [7, 11) is 0. The fourth-order valence-electron chi connectivity index (χ4n) is 2.18. The minimum absolute atomic E-state index is 0.0621. The average molecular weight is 264 g/mol. The Balaban J connectivity index is 2.10. The van der Waals surface area contributed by atoms with Gasteiger partial charge in [-0.05, 0) is 37.3 Å². The van der Waals surface area contributed by atoms with Crippen molar-refractivity contribution in [1.82, 2.24) is 0 Å². The summed E-state index contributed by atoms with van der Waals surface area (Å²) in [5, 5.41) is 12.0. The number of hydrogen-bond acceptors (Lipinski definition) is 3. The van der Waals surface area contributed by atoms with Crippen LogP contribution in [0.1, 0.15) is 32.6 Å². The molecular formula is C15H24N2O2. The molecule has 1 aromatic carbocycles. The van der Waals surface area contributed by atoms with Gasteiger partial charge in [-0.2, -0.15) is 0 Å². The van der Waals surface area contributed by atoms with Gasteiger partial charge in [0.2, 0.25) is 0 Å². The molecule has 4 nitrogen and oxygen atoms in total. The quantitative estimate of drug-likeness (QED) is 0.599. The normalized spacial score (nSPS) is 13.8. The zero-order valence-corrected chi connectivity index (χ0v) is 11.5. The highest BCUT2D eigenvalue weighted by Gasteiger charge is 2.12. The van der Waals surface area contributed by atoms with Crippen molar-refractivity contribution < 1.29 is 9.90 Å². The molecule has 0 unspecified atom stereocenters. The number of aliphatic carboxylic acids is 1. The molecule has 1 rings (SSSR count). The van der Waals surface area contributed by atoms with E-state index >= 15 is 0 Å². The number of carboxylic acids is 1. The van der Waals surface area contributed by atoms with Crippen molar-refractivity contribution in [1.29, 1.82) is 0 Å². The molecule has 0 aliphatic heterocycles. The van der Waals surface area contributed by atoms with E-state index in [4.69, 9.17) is 10.8 Å². The number of anilines is 1. The lowest BCUT2D eigenvalue weighted by molar-refractivity contribution is -0.137. The van der Waals surface area contributed by atoms with Crippen molar-refractivity contribution in [3.8, 4) is 0 Å². The number of rotatable bonds is 9. The van der Waals surface area contributed by atoms with E-state index < -0.39 is 5.97 Å². The van der Waals surface area contributed by atoms with E-state index in [1.165, 1.54) is 0 Å². The summed E-state index contributed by atoms with van der Waals surface area (Å²) in [5.74, 6) is -0.350. The molecule has 0 heterocycles. The van der Waals surface area contributed by atoms with Crippen LogP contribution in [-0.2, 0) is 4.79 Å². The summed E-state index contributed by atoms with van der Waals surface area (Å²) >= 11 is 0. The molecule has 1 aromatic rings. The second-order valence-corrected chi connectivity index (χ2v) is 5.13. The van der Waals surface area contributed by atoms with Crippen LogP contribution in [0.2, 0.25) is 0 Å². The van der Waals surface area contributed by atoms with Crippen molar-refractivity contribution in [3.63, 3.8) is 0 Å². The summed E-state index contributed by atoms with van der Waals surface area (Å²) in [6, 6.07) is 9.89. The summed E-state index contributed by atoms with van der Waals surface area (Å²) in [5.41, 5.74) is 6.91. The Labute approximate surface area is 115 Å². The van der Waals surface area contributed by atoms with Crippen LogP contribution in [0.4, 0.5) is 5.69 Å². The first-order valence-electron chi connectivity index (χ1n) is 6.84. The Hall–Kier alpha value is -1.55. The predicted octanol–water partition coefficient (Wildman–Crippen LogP) is 2.71. The van der Waals surface area contributed by atoms with Gasteiger partial charge >= 0.3 is 5.97 Å². The summed E-state index contributed by atoms with van der Waals surface area (Å²) in [4.78, 5) is 10.5. The number of nitrogens with two attached hydrogens (primary N) is 1. The fourth-order valence-corrected chi connectivity index (χ4v) is 2.18. The topological polar surface area (TPSA) is 75.3 Å². The van der Waals surface area contributed by atoms with Crippen LogP contribution in [-0.4, -0.2) is 23.7 Å². The number of nitrogens with one attached hydrogen (secondary N) is 1. The lowest BCUT2D eigenvalue weighted by Gasteiger charge is -2.16. The van der Waals surface area contributed by atoms with E-state index in [-0.39, 0.29) is 12.5 Å². The minimum Gasteiger partial charge on any atom is -0.481 e. The molecule has 0 spiro atoms. The van der Waals surface area contributed by atoms with Gasteiger partial charge in [0.05, 0.1) is 6.42 Å². The molecule has 19 heavy (non-hydrogen) atoms. The van der Waals surface area contributed by atoms with Gasteiger partial charge in [0, 0.05) is 18.3 Å². The molecule has 0 saturated carbocycles. The van der Waals surface area contributed by atoms with Crippen molar-refractivity contribution in [2.75, 3.05) is 11.9 Å². The molecule has 0 bridgehead atoms. The summed E-state index contributed by atoms with van der Waals surface area (Å²) < 4.78 is 0. The Morgan fingerprint density at radius 3 is 2.68 bits per heavy atom. The van der Waals surface area contributed by atoms with Gasteiger partial charge in [0.15, 0.2) is 0 Å². The Morgan fingerprint density at radius 1 is 1.37 bits per heavy atom. The van der Waals surface area contributed by atoms with Gasteiger partial charge in [-0.3, -0.25) is 4.79 Å². The van der Waals surface area contributed by atoms with Gasteiger partial charge in [-0.15, -0.1) is 0 Å². The molecule has 0 aliphatic carbocycles.